The Morgan fingerprint density at radius 3 is 2.19 bits per heavy atom. The van der Waals surface area contributed by atoms with Crippen molar-refractivity contribution >= 4 is 46.7 Å². The monoisotopic (exact) mass is 506 g/mol. The number of hydrogen-bond acceptors (Lipinski definition) is 5. The van der Waals surface area contributed by atoms with Crippen molar-refractivity contribution in [1.29, 1.82) is 5.26 Å². The average molecular weight is 507 g/mol. The van der Waals surface area contributed by atoms with Gasteiger partial charge in [-0.3, -0.25) is 9.63 Å². The number of benzene rings is 1. The van der Waals surface area contributed by atoms with Gasteiger partial charge in [0.1, 0.15) is 11.8 Å². The second kappa shape index (κ2) is 9.15. The Bertz CT molecular complexity index is 1030. The summed E-state index contributed by atoms with van der Waals surface area (Å²) >= 11 is 11.1. The molecular formula is C16H10Cl2F6N4O2S. The summed E-state index contributed by atoms with van der Waals surface area (Å²) in [5, 5.41) is 12.1. The number of carbonyl (C=O) groups is 1. The van der Waals surface area contributed by atoms with Crippen LogP contribution in [-0.2, 0) is 15.8 Å². The molecule has 1 heterocycles. The predicted octanol–water partition coefficient (Wildman–Crippen LogP) is 5.99. The molecule has 2 rings (SSSR count). The molecule has 1 amide bonds. The number of halogens is 8. The lowest BCUT2D eigenvalue weighted by atomic mass is 10.2. The molecule has 0 spiro atoms. The average Bonchev–Trinajstić information content (AvgIpc) is 2.94. The van der Waals surface area contributed by atoms with Crippen LogP contribution in [0.4, 0.5) is 32.2 Å². The van der Waals surface area contributed by atoms with Crippen molar-refractivity contribution in [3.05, 3.63) is 33.4 Å². The summed E-state index contributed by atoms with van der Waals surface area (Å²) in [6.45, 7) is 2.20. The number of anilines is 1. The van der Waals surface area contributed by atoms with Gasteiger partial charge in [-0.15, -0.1) is 0 Å². The Balaban J connectivity index is 2.91. The van der Waals surface area contributed by atoms with E-state index in [2.05, 4.69) is 5.10 Å². The maximum Gasteiger partial charge on any atom is 0.446 e. The number of thioether (sulfide) groups is 1. The minimum Gasteiger partial charge on any atom is -0.272 e. The van der Waals surface area contributed by atoms with E-state index < -0.39 is 67.1 Å². The minimum atomic E-state index is -4.91. The molecule has 0 fully saturated rings. The molecule has 0 radical (unpaired) electrons. The van der Waals surface area contributed by atoms with E-state index in [0.29, 0.717) is 21.9 Å². The van der Waals surface area contributed by atoms with Gasteiger partial charge in [-0.1, -0.05) is 23.2 Å². The van der Waals surface area contributed by atoms with Crippen molar-refractivity contribution in [3.63, 3.8) is 0 Å². The van der Waals surface area contributed by atoms with Crippen LogP contribution in [-0.4, -0.2) is 27.8 Å². The fourth-order valence-electron chi connectivity index (χ4n) is 2.37. The molecule has 31 heavy (non-hydrogen) atoms. The number of nitriles is 1. The summed E-state index contributed by atoms with van der Waals surface area (Å²) in [6.07, 6.45) is -4.81. The van der Waals surface area contributed by atoms with Crippen molar-refractivity contribution < 1.29 is 36.0 Å². The normalized spacial score (nSPS) is 12.0. The van der Waals surface area contributed by atoms with Gasteiger partial charge in [-0.05, 0) is 30.8 Å². The van der Waals surface area contributed by atoms with Gasteiger partial charge in [0, 0.05) is 6.92 Å². The van der Waals surface area contributed by atoms with Crippen LogP contribution in [0.1, 0.15) is 25.1 Å². The summed E-state index contributed by atoms with van der Waals surface area (Å²) in [4.78, 5) is 16.3. The standard InChI is InChI=1S/C16H10Cl2F6N4O2S/c1-3-30-28(7(2)29)14-13(31-16(22,23)24)11(6-25)26-27(14)12-9(17)4-8(5-10(12)18)15(19,20)21/h4-5H,3H2,1-2H3. The van der Waals surface area contributed by atoms with Gasteiger partial charge in [0.2, 0.25) is 5.91 Å². The maximum absolute atomic E-state index is 13.1. The topological polar surface area (TPSA) is 71.2 Å². The van der Waals surface area contributed by atoms with Crippen LogP contribution in [0.15, 0.2) is 17.0 Å². The lowest BCUT2D eigenvalue weighted by Crippen LogP contribution is -2.31. The highest BCUT2D eigenvalue weighted by Crippen LogP contribution is 2.46. The second-order valence-electron chi connectivity index (χ2n) is 5.59. The summed E-state index contributed by atoms with van der Waals surface area (Å²) in [6, 6.07) is 2.41. The smallest absolute Gasteiger partial charge is 0.272 e. The van der Waals surface area contributed by atoms with E-state index in [-0.39, 0.29) is 6.61 Å². The van der Waals surface area contributed by atoms with Gasteiger partial charge in [-0.25, -0.2) is 4.68 Å². The zero-order chi connectivity index (χ0) is 23.7. The zero-order valence-electron chi connectivity index (χ0n) is 15.4. The predicted molar refractivity (Wildman–Crippen MR) is 100.0 cm³/mol. The van der Waals surface area contributed by atoms with Crippen LogP contribution in [0, 0.1) is 11.3 Å². The Hall–Kier alpha value is -2.14. The van der Waals surface area contributed by atoms with E-state index in [4.69, 9.17) is 28.0 Å². The second-order valence-corrected chi connectivity index (χ2v) is 7.48. The molecule has 0 aliphatic heterocycles. The molecule has 168 valence electrons. The Kier molecular flexibility index (Phi) is 7.42. The number of alkyl halides is 6. The molecule has 15 heteroatoms. The highest BCUT2D eigenvalue weighted by Gasteiger charge is 2.39. The van der Waals surface area contributed by atoms with Crippen molar-refractivity contribution in [2.45, 2.75) is 30.4 Å². The van der Waals surface area contributed by atoms with Crippen LogP contribution in [0.2, 0.25) is 10.0 Å². The number of hydrogen-bond donors (Lipinski definition) is 0. The molecule has 2 aromatic rings. The first kappa shape index (κ1) is 25.1. The van der Waals surface area contributed by atoms with Gasteiger partial charge in [0.15, 0.2) is 11.5 Å². The maximum atomic E-state index is 13.1. The number of nitrogens with zero attached hydrogens (tertiary/aromatic N) is 4. The van der Waals surface area contributed by atoms with Crippen molar-refractivity contribution in [1.82, 2.24) is 9.78 Å². The molecule has 0 aliphatic carbocycles. The fourth-order valence-corrected chi connectivity index (χ4v) is 3.70. The molecule has 0 saturated carbocycles. The van der Waals surface area contributed by atoms with E-state index in [1.54, 1.807) is 0 Å². The molecular weight excluding hydrogens is 497 g/mol. The Morgan fingerprint density at radius 2 is 1.81 bits per heavy atom. The molecule has 0 unspecified atom stereocenters. The van der Waals surface area contributed by atoms with Crippen molar-refractivity contribution in [2.75, 3.05) is 11.7 Å². The quantitative estimate of drug-likeness (QED) is 0.283. The Labute approximate surface area is 185 Å². The third-order valence-corrected chi connectivity index (χ3v) is 4.82. The SMILES string of the molecule is CCON(C(C)=O)c1c(SC(F)(F)F)c(C#N)nn1-c1c(Cl)cc(C(F)(F)F)cc1Cl. The van der Waals surface area contributed by atoms with Gasteiger partial charge >= 0.3 is 11.7 Å². The number of amides is 1. The summed E-state index contributed by atoms with van der Waals surface area (Å²) in [5.74, 6) is -1.60. The minimum absolute atomic E-state index is 0.183. The Morgan fingerprint density at radius 1 is 1.26 bits per heavy atom. The van der Waals surface area contributed by atoms with Gasteiger partial charge < -0.3 is 0 Å². The summed E-state index contributed by atoms with van der Waals surface area (Å²) < 4.78 is 79.0. The third-order valence-electron chi connectivity index (χ3n) is 3.44. The van der Waals surface area contributed by atoms with Gasteiger partial charge in [0.25, 0.3) is 0 Å². The molecule has 0 aliphatic rings. The van der Waals surface area contributed by atoms with E-state index in [9.17, 15) is 36.4 Å². The first-order chi connectivity index (χ1) is 14.2. The van der Waals surface area contributed by atoms with Crippen LogP contribution >= 0.6 is 35.0 Å². The molecule has 6 nitrogen and oxygen atoms in total. The van der Waals surface area contributed by atoms with E-state index >= 15 is 0 Å². The van der Waals surface area contributed by atoms with Crippen LogP contribution in [0.5, 0.6) is 0 Å². The van der Waals surface area contributed by atoms with Gasteiger partial charge in [0.05, 0.1) is 27.1 Å². The largest absolute Gasteiger partial charge is 0.446 e. The molecule has 1 aromatic carbocycles. The van der Waals surface area contributed by atoms with Crippen LogP contribution in [0.25, 0.3) is 5.69 Å². The molecule has 1 aromatic heterocycles. The first-order valence-electron chi connectivity index (χ1n) is 8.00. The van der Waals surface area contributed by atoms with Crippen molar-refractivity contribution in [2.24, 2.45) is 0 Å². The van der Waals surface area contributed by atoms with E-state index in [0.717, 1.165) is 6.92 Å². The van der Waals surface area contributed by atoms with Gasteiger partial charge in [-0.2, -0.15) is 41.8 Å². The number of rotatable bonds is 5. The molecule has 0 N–H and O–H groups in total. The molecule has 0 saturated heterocycles. The fraction of sp³-hybridized carbons (Fsp3) is 0.312. The number of aromatic nitrogens is 2. The van der Waals surface area contributed by atoms with Crippen molar-refractivity contribution in [3.8, 4) is 11.8 Å². The zero-order valence-corrected chi connectivity index (χ0v) is 17.7. The van der Waals surface area contributed by atoms with Crippen LogP contribution in [0.3, 0.4) is 0 Å². The molecule has 0 atom stereocenters. The summed E-state index contributed by atoms with van der Waals surface area (Å²) in [7, 11) is 0. The number of hydroxylamine groups is 1. The highest BCUT2D eigenvalue weighted by atomic mass is 35.5. The lowest BCUT2D eigenvalue weighted by Gasteiger charge is -2.23. The first-order valence-corrected chi connectivity index (χ1v) is 9.57. The summed E-state index contributed by atoms with van der Waals surface area (Å²) in [5.41, 5.74) is -7.40. The van der Waals surface area contributed by atoms with Crippen LogP contribution < -0.4 is 5.06 Å². The molecule has 0 bridgehead atoms. The highest BCUT2D eigenvalue weighted by molar-refractivity contribution is 8.00. The third kappa shape index (κ3) is 5.57. The lowest BCUT2D eigenvalue weighted by molar-refractivity contribution is -0.137. The number of carbonyl (C=O) groups excluding carboxylic acids is 1. The van der Waals surface area contributed by atoms with E-state index in [1.165, 1.54) is 13.0 Å². The van der Waals surface area contributed by atoms with E-state index in [1.807, 2.05) is 0 Å².